The van der Waals surface area contributed by atoms with E-state index in [1.807, 2.05) is 30.3 Å². The van der Waals surface area contributed by atoms with Crippen LogP contribution in [0, 0.1) is 0 Å². The number of aromatic nitrogens is 3. The Morgan fingerprint density at radius 3 is 2.61 bits per heavy atom. The van der Waals surface area contributed by atoms with Crippen LogP contribution in [0.1, 0.15) is 39.1 Å². The number of ether oxygens (including phenoxy) is 1. The van der Waals surface area contributed by atoms with Crippen LogP contribution in [0.3, 0.4) is 0 Å². The Hall–Kier alpha value is -3.06. The zero-order valence-electron chi connectivity index (χ0n) is 21.3. The van der Waals surface area contributed by atoms with E-state index in [0.717, 1.165) is 59.2 Å². The summed E-state index contributed by atoms with van der Waals surface area (Å²) in [4.78, 5) is 16.7. The second-order valence-corrected chi connectivity index (χ2v) is 10.8. The third-order valence-corrected chi connectivity index (χ3v) is 6.78. The second kappa shape index (κ2) is 10.1. The molecule has 0 bridgehead atoms. The Kier molecular flexibility index (Phi) is 6.93. The first-order chi connectivity index (χ1) is 17.3. The molecular formula is C29H32ClN5O. The highest BCUT2D eigenvalue weighted by Gasteiger charge is 2.19. The highest BCUT2D eigenvalue weighted by molar-refractivity contribution is 6.33. The van der Waals surface area contributed by atoms with Crippen molar-refractivity contribution >= 4 is 34.0 Å². The highest BCUT2D eigenvalue weighted by atomic mass is 35.5. The van der Waals surface area contributed by atoms with Crippen LogP contribution in [0.15, 0.2) is 60.8 Å². The first-order valence-electron chi connectivity index (χ1n) is 12.4. The van der Waals surface area contributed by atoms with Gasteiger partial charge in [-0.05, 0) is 54.3 Å². The number of morpholine rings is 1. The van der Waals surface area contributed by atoms with E-state index >= 15 is 0 Å². The lowest BCUT2D eigenvalue weighted by Gasteiger charge is -2.30. The van der Waals surface area contributed by atoms with Crippen LogP contribution >= 0.6 is 11.6 Å². The fraction of sp³-hybridized carbons (Fsp3) is 0.345. The molecule has 6 nitrogen and oxygen atoms in total. The van der Waals surface area contributed by atoms with Crippen molar-refractivity contribution < 1.29 is 4.74 Å². The standard InChI is InChI=1S/C29H32ClN5O/c1-19-17-35(14-15-36-19)18-26-33-25-16-20(27-24(30)6-5-13-31-27)7-12-23(25)28(34-26)32-22-10-8-21(9-11-22)29(2,3)4/h5-13,16,19H,14-15,17-18H2,1-4H3,(H,32,33,34)/t19-/m0/s1. The predicted molar refractivity (Wildman–Crippen MR) is 147 cm³/mol. The Labute approximate surface area is 217 Å². The van der Waals surface area contributed by atoms with Crippen LogP contribution in [0.5, 0.6) is 0 Å². The van der Waals surface area contributed by atoms with Crippen molar-refractivity contribution in [2.45, 2.75) is 45.8 Å². The third-order valence-electron chi connectivity index (χ3n) is 6.48. The van der Waals surface area contributed by atoms with Gasteiger partial charge in [-0.1, -0.05) is 50.6 Å². The van der Waals surface area contributed by atoms with E-state index in [1.165, 1.54) is 5.56 Å². The first kappa shape index (κ1) is 24.6. The lowest BCUT2D eigenvalue weighted by molar-refractivity contribution is -0.0219. The summed E-state index contributed by atoms with van der Waals surface area (Å²) in [6.45, 7) is 11.9. The van der Waals surface area contributed by atoms with Gasteiger partial charge in [0.2, 0.25) is 0 Å². The van der Waals surface area contributed by atoms with Crippen molar-refractivity contribution in [3.05, 3.63) is 77.2 Å². The maximum absolute atomic E-state index is 6.44. The summed E-state index contributed by atoms with van der Waals surface area (Å²) in [6, 6.07) is 18.4. The molecule has 0 amide bonds. The molecule has 0 radical (unpaired) electrons. The summed E-state index contributed by atoms with van der Waals surface area (Å²) in [6.07, 6.45) is 1.96. The van der Waals surface area contributed by atoms with Crippen LogP contribution in [0.25, 0.3) is 22.2 Å². The molecule has 1 N–H and O–H groups in total. The molecule has 0 aliphatic carbocycles. The zero-order valence-corrected chi connectivity index (χ0v) is 22.0. The van der Waals surface area contributed by atoms with Gasteiger partial charge in [0, 0.05) is 35.9 Å². The minimum Gasteiger partial charge on any atom is -0.376 e. The molecule has 4 aromatic rings. The lowest BCUT2D eigenvalue weighted by Crippen LogP contribution is -2.40. The number of fused-ring (bicyclic) bond motifs is 1. The lowest BCUT2D eigenvalue weighted by atomic mass is 9.87. The Bertz CT molecular complexity index is 1370. The van der Waals surface area contributed by atoms with Crippen LogP contribution in [-0.4, -0.2) is 45.7 Å². The summed E-state index contributed by atoms with van der Waals surface area (Å²) < 4.78 is 5.71. The number of hydrogen-bond acceptors (Lipinski definition) is 6. The van der Waals surface area contributed by atoms with Crippen molar-refractivity contribution in [3.63, 3.8) is 0 Å². The molecular weight excluding hydrogens is 470 g/mol. The van der Waals surface area contributed by atoms with Crippen LogP contribution in [-0.2, 0) is 16.7 Å². The fourth-order valence-electron chi connectivity index (χ4n) is 4.51. The number of anilines is 2. The van der Waals surface area contributed by atoms with Gasteiger partial charge in [0.1, 0.15) is 11.6 Å². The quantitative estimate of drug-likeness (QED) is 0.332. The number of rotatable bonds is 5. The second-order valence-electron chi connectivity index (χ2n) is 10.4. The summed E-state index contributed by atoms with van der Waals surface area (Å²) in [5.74, 6) is 1.56. The van der Waals surface area contributed by atoms with Crippen molar-refractivity contribution in [1.82, 2.24) is 19.9 Å². The molecule has 0 unspecified atom stereocenters. The summed E-state index contributed by atoms with van der Waals surface area (Å²) in [7, 11) is 0. The van der Waals surface area contributed by atoms with Gasteiger partial charge in [-0.25, -0.2) is 9.97 Å². The topological polar surface area (TPSA) is 63.2 Å². The maximum atomic E-state index is 6.44. The van der Waals surface area contributed by atoms with Gasteiger partial charge < -0.3 is 10.1 Å². The fourth-order valence-corrected chi connectivity index (χ4v) is 4.74. The zero-order chi connectivity index (χ0) is 25.3. The number of hydrogen-bond donors (Lipinski definition) is 1. The van der Waals surface area contributed by atoms with E-state index in [1.54, 1.807) is 6.20 Å². The van der Waals surface area contributed by atoms with Gasteiger partial charge in [-0.15, -0.1) is 0 Å². The van der Waals surface area contributed by atoms with Gasteiger partial charge in [0.15, 0.2) is 0 Å². The van der Waals surface area contributed by atoms with Gasteiger partial charge in [0.05, 0.1) is 35.5 Å². The molecule has 0 saturated carbocycles. The first-order valence-corrected chi connectivity index (χ1v) is 12.8. The highest BCUT2D eigenvalue weighted by Crippen LogP contribution is 2.32. The average molecular weight is 502 g/mol. The molecule has 2 aromatic heterocycles. The Balaban J connectivity index is 1.54. The molecule has 1 saturated heterocycles. The van der Waals surface area contributed by atoms with Crippen molar-refractivity contribution in [1.29, 1.82) is 0 Å². The van der Waals surface area contributed by atoms with Crippen molar-refractivity contribution in [3.8, 4) is 11.3 Å². The van der Waals surface area contributed by atoms with Gasteiger partial charge in [0.25, 0.3) is 0 Å². The minimum atomic E-state index is 0.103. The van der Waals surface area contributed by atoms with Gasteiger partial charge >= 0.3 is 0 Å². The van der Waals surface area contributed by atoms with Crippen LogP contribution < -0.4 is 5.32 Å². The van der Waals surface area contributed by atoms with Crippen molar-refractivity contribution in [2.24, 2.45) is 0 Å². The Morgan fingerprint density at radius 2 is 1.89 bits per heavy atom. The van der Waals surface area contributed by atoms with Crippen LogP contribution in [0.2, 0.25) is 5.02 Å². The van der Waals surface area contributed by atoms with Gasteiger partial charge in [-0.3, -0.25) is 9.88 Å². The Morgan fingerprint density at radius 1 is 1.08 bits per heavy atom. The van der Waals surface area contributed by atoms with E-state index < -0.39 is 0 Å². The summed E-state index contributed by atoms with van der Waals surface area (Å²) in [5.41, 5.74) is 4.92. The number of benzene rings is 2. The van der Waals surface area contributed by atoms with E-state index in [2.05, 4.69) is 67.2 Å². The smallest absolute Gasteiger partial charge is 0.145 e. The molecule has 1 atom stereocenters. The minimum absolute atomic E-state index is 0.103. The maximum Gasteiger partial charge on any atom is 0.145 e. The number of nitrogens with zero attached hydrogens (tertiary/aromatic N) is 4. The molecule has 5 rings (SSSR count). The largest absolute Gasteiger partial charge is 0.376 e. The molecule has 1 aliphatic rings. The molecule has 7 heteroatoms. The number of pyridine rings is 1. The molecule has 2 aromatic carbocycles. The molecule has 186 valence electrons. The summed E-state index contributed by atoms with van der Waals surface area (Å²) >= 11 is 6.44. The third kappa shape index (κ3) is 5.51. The van der Waals surface area contributed by atoms with E-state index in [0.29, 0.717) is 11.6 Å². The molecule has 1 aliphatic heterocycles. The van der Waals surface area contributed by atoms with Crippen molar-refractivity contribution in [2.75, 3.05) is 25.0 Å². The van der Waals surface area contributed by atoms with E-state index in [4.69, 9.17) is 26.3 Å². The SMILES string of the molecule is C[C@H]1CN(Cc2nc(Nc3ccc(C(C)(C)C)cc3)c3ccc(-c4ncccc4Cl)cc3n2)CCO1. The van der Waals surface area contributed by atoms with E-state index in [9.17, 15) is 0 Å². The van der Waals surface area contributed by atoms with Gasteiger partial charge in [-0.2, -0.15) is 0 Å². The molecule has 1 fully saturated rings. The number of nitrogens with one attached hydrogen (secondary N) is 1. The summed E-state index contributed by atoms with van der Waals surface area (Å²) in [5, 5.41) is 5.11. The number of halogens is 1. The predicted octanol–water partition coefficient (Wildman–Crippen LogP) is 6.61. The van der Waals surface area contributed by atoms with E-state index in [-0.39, 0.29) is 11.5 Å². The molecule has 36 heavy (non-hydrogen) atoms. The normalized spacial score (nSPS) is 16.9. The molecule has 3 heterocycles. The molecule has 0 spiro atoms. The monoisotopic (exact) mass is 501 g/mol. The van der Waals surface area contributed by atoms with Crippen LogP contribution in [0.4, 0.5) is 11.5 Å². The average Bonchev–Trinajstić information content (AvgIpc) is 2.84.